The highest BCUT2D eigenvalue weighted by Gasteiger charge is 2.08. The number of imidazole rings is 1. The van der Waals surface area contributed by atoms with Gasteiger partial charge in [0.05, 0.1) is 12.3 Å². The smallest absolute Gasteiger partial charge is 0.303 e. The van der Waals surface area contributed by atoms with Crippen molar-refractivity contribution in [1.29, 1.82) is 0 Å². The third-order valence-corrected chi connectivity index (χ3v) is 3.34. The maximum absolute atomic E-state index is 10.4. The van der Waals surface area contributed by atoms with Crippen LogP contribution in [0.15, 0.2) is 11.6 Å². The summed E-state index contributed by atoms with van der Waals surface area (Å²) in [5.74, 6) is -0.748. The summed E-state index contributed by atoms with van der Waals surface area (Å²) in [5, 5.41) is 10.6. The van der Waals surface area contributed by atoms with Gasteiger partial charge in [-0.3, -0.25) is 9.20 Å². The standard InChI is InChI=1S/C11H14N2O3S/c1-16-6-8-5-13-9(3-2-4-10(14)15)7-17-11(13)12-8/h5,7H,2-4,6H2,1H3,(H,14,15). The summed E-state index contributed by atoms with van der Waals surface area (Å²) < 4.78 is 7.05. The summed E-state index contributed by atoms with van der Waals surface area (Å²) in [6, 6.07) is 0. The molecule has 6 heteroatoms. The van der Waals surface area contributed by atoms with Crippen LogP contribution in [0.3, 0.4) is 0 Å². The van der Waals surface area contributed by atoms with Crippen LogP contribution < -0.4 is 0 Å². The molecule has 0 fully saturated rings. The molecule has 1 N–H and O–H groups in total. The largest absolute Gasteiger partial charge is 0.481 e. The Bertz CT molecular complexity index is 518. The number of methoxy groups -OCH3 is 1. The van der Waals surface area contributed by atoms with E-state index in [1.165, 1.54) is 0 Å². The van der Waals surface area contributed by atoms with Gasteiger partial charge in [0.1, 0.15) is 0 Å². The summed E-state index contributed by atoms with van der Waals surface area (Å²) in [7, 11) is 1.64. The first kappa shape index (κ1) is 12.1. The number of rotatable bonds is 6. The fourth-order valence-corrected chi connectivity index (χ4v) is 2.62. The Labute approximate surface area is 103 Å². The lowest BCUT2D eigenvalue weighted by Crippen LogP contribution is -1.97. The molecule has 2 heterocycles. The highest BCUT2D eigenvalue weighted by molar-refractivity contribution is 7.15. The Morgan fingerprint density at radius 2 is 2.47 bits per heavy atom. The molecule has 0 unspecified atom stereocenters. The Morgan fingerprint density at radius 1 is 1.65 bits per heavy atom. The predicted octanol–water partition coefficient (Wildman–Crippen LogP) is 1.95. The van der Waals surface area contributed by atoms with Gasteiger partial charge in [0.2, 0.25) is 0 Å². The quantitative estimate of drug-likeness (QED) is 0.855. The minimum Gasteiger partial charge on any atom is -0.481 e. The Morgan fingerprint density at radius 3 is 3.18 bits per heavy atom. The highest BCUT2D eigenvalue weighted by atomic mass is 32.1. The zero-order chi connectivity index (χ0) is 12.3. The van der Waals surface area contributed by atoms with Crippen LogP contribution in [0.25, 0.3) is 4.96 Å². The van der Waals surface area contributed by atoms with E-state index in [0.29, 0.717) is 13.0 Å². The summed E-state index contributed by atoms with van der Waals surface area (Å²) in [5.41, 5.74) is 2.01. The maximum Gasteiger partial charge on any atom is 0.303 e. The molecule has 0 amide bonds. The van der Waals surface area contributed by atoms with E-state index < -0.39 is 5.97 Å². The third-order valence-electron chi connectivity index (χ3n) is 2.45. The van der Waals surface area contributed by atoms with E-state index in [4.69, 9.17) is 9.84 Å². The molecule has 2 aromatic heterocycles. The van der Waals surface area contributed by atoms with Crippen LogP contribution >= 0.6 is 11.3 Å². The first-order valence-electron chi connectivity index (χ1n) is 5.36. The minimum atomic E-state index is -0.748. The monoisotopic (exact) mass is 254 g/mol. The van der Waals surface area contributed by atoms with Crippen molar-refractivity contribution in [3.8, 4) is 0 Å². The Balaban J connectivity index is 2.08. The number of carboxylic acids is 1. The van der Waals surface area contributed by atoms with Crippen LogP contribution in [0.5, 0.6) is 0 Å². The van der Waals surface area contributed by atoms with Crippen molar-refractivity contribution in [2.24, 2.45) is 0 Å². The van der Waals surface area contributed by atoms with Gasteiger partial charge in [-0.15, -0.1) is 11.3 Å². The zero-order valence-corrected chi connectivity index (χ0v) is 10.4. The molecule has 0 atom stereocenters. The van der Waals surface area contributed by atoms with Crippen molar-refractivity contribution in [1.82, 2.24) is 9.38 Å². The van der Waals surface area contributed by atoms with Crippen molar-refractivity contribution in [3.05, 3.63) is 23.0 Å². The molecule has 2 aromatic rings. The van der Waals surface area contributed by atoms with Gasteiger partial charge in [-0.1, -0.05) is 0 Å². The van der Waals surface area contributed by atoms with Gasteiger partial charge in [0, 0.05) is 30.8 Å². The van der Waals surface area contributed by atoms with Crippen molar-refractivity contribution < 1.29 is 14.6 Å². The van der Waals surface area contributed by atoms with Crippen molar-refractivity contribution in [3.63, 3.8) is 0 Å². The molecule has 5 nitrogen and oxygen atoms in total. The predicted molar refractivity (Wildman–Crippen MR) is 64.4 cm³/mol. The number of aliphatic carboxylic acids is 1. The number of nitrogens with zero attached hydrogens (tertiary/aromatic N) is 2. The number of carbonyl (C=O) groups is 1. The summed E-state index contributed by atoms with van der Waals surface area (Å²) >= 11 is 1.57. The van der Waals surface area contributed by atoms with E-state index >= 15 is 0 Å². The average Bonchev–Trinajstić information content (AvgIpc) is 2.80. The molecule has 0 spiro atoms. The van der Waals surface area contributed by atoms with Gasteiger partial charge >= 0.3 is 5.97 Å². The Hall–Kier alpha value is -1.40. The van der Waals surface area contributed by atoms with Crippen LogP contribution in [-0.4, -0.2) is 27.6 Å². The van der Waals surface area contributed by atoms with Crippen LogP contribution in [0, 0.1) is 0 Å². The number of fused-ring (bicyclic) bond motifs is 1. The van der Waals surface area contributed by atoms with E-state index in [1.54, 1.807) is 18.4 Å². The van der Waals surface area contributed by atoms with E-state index in [2.05, 4.69) is 4.98 Å². The molecule has 0 bridgehead atoms. The zero-order valence-electron chi connectivity index (χ0n) is 9.55. The van der Waals surface area contributed by atoms with Gasteiger partial charge in [0.25, 0.3) is 0 Å². The topological polar surface area (TPSA) is 63.8 Å². The molecular weight excluding hydrogens is 240 g/mol. The first-order valence-corrected chi connectivity index (χ1v) is 6.23. The molecule has 0 aromatic carbocycles. The maximum atomic E-state index is 10.4. The second kappa shape index (κ2) is 5.29. The first-order chi connectivity index (χ1) is 8.20. The summed E-state index contributed by atoms with van der Waals surface area (Å²) in [6.07, 6.45) is 3.57. The minimum absolute atomic E-state index is 0.205. The molecule has 17 heavy (non-hydrogen) atoms. The van der Waals surface area contributed by atoms with Crippen LogP contribution in [0.4, 0.5) is 0 Å². The number of thiazole rings is 1. The van der Waals surface area contributed by atoms with Gasteiger partial charge in [-0.25, -0.2) is 4.98 Å². The fraction of sp³-hybridized carbons (Fsp3) is 0.455. The molecule has 0 saturated carbocycles. The second-order valence-electron chi connectivity index (χ2n) is 3.79. The molecular formula is C11H14N2O3S. The van der Waals surface area contributed by atoms with Crippen LogP contribution in [-0.2, 0) is 22.6 Å². The normalized spacial score (nSPS) is 11.1. The molecule has 0 aliphatic carbocycles. The fourth-order valence-electron chi connectivity index (χ4n) is 1.69. The third kappa shape index (κ3) is 2.83. The number of hydrogen-bond donors (Lipinski definition) is 1. The molecule has 0 radical (unpaired) electrons. The van der Waals surface area contributed by atoms with Gasteiger partial charge < -0.3 is 9.84 Å². The van der Waals surface area contributed by atoms with Gasteiger partial charge in [-0.2, -0.15) is 0 Å². The van der Waals surface area contributed by atoms with E-state index in [1.807, 2.05) is 16.0 Å². The highest BCUT2D eigenvalue weighted by Crippen LogP contribution is 2.18. The summed E-state index contributed by atoms with van der Waals surface area (Å²) in [6.45, 7) is 0.503. The van der Waals surface area contributed by atoms with Crippen molar-refractivity contribution in [2.45, 2.75) is 25.9 Å². The second-order valence-corrected chi connectivity index (χ2v) is 4.63. The average molecular weight is 254 g/mol. The van der Waals surface area contributed by atoms with E-state index in [-0.39, 0.29) is 6.42 Å². The lowest BCUT2D eigenvalue weighted by Gasteiger charge is -1.97. The number of hydrogen-bond acceptors (Lipinski definition) is 4. The van der Waals surface area contributed by atoms with Gasteiger partial charge in [-0.05, 0) is 12.8 Å². The molecule has 0 aliphatic heterocycles. The van der Waals surface area contributed by atoms with Crippen molar-refractivity contribution >= 4 is 22.3 Å². The van der Waals surface area contributed by atoms with Crippen molar-refractivity contribution in [2.75, 3.05) is 7.11 Å². The lowest BCUT2D eigenvalue weighted by molar-refractivity contribution is -0.137. The molecule has 92 valence electrons. The van der Waals surface area contributed by atoms with Crippen LogP contribution in [0.1, 0.15) is 24.2 Å². The number of aromatic nitrogens is 2. The molecule has 0 saturated heterocycles. The van der Waals surface area contributed by atoms with Crippen LogP contribution in [0.2, 0.25) is 0 Å². The SMILES string of the molecule is COCc1cn2c(CCCC(=O)O)csc2n1. The number of aryl methyl sites for hydroxylation is 1. The van der Waals surface area contributed by atoms with Gasteiger partial charge in [0.15, 0.2) is 4.96 Å². The Kier molecular flexibility index (Phi) is 3.75. The summed E-state index contributed by atoms with van der Waals surface area (Å²) in [4.78, 5) is 15.8. The van der Waals surface area contributed by atoms with E-state index in [0.717, 1.165) is 22.8 Å². The van der Waals surface area contributed by atoms with E-state index in [9.17, 15) is 4.79 Å². The lowest BCUT2D eigenvalue weighted by atomic mass is 10.2. The number of carboxylic acid groups (broad SMARTS) is 1. The molecule has 0 aliphatic rings. The molecule has 2 rings (SSSR count). The number of ether oxygens (including phenoxy) is 1.